The van der Waals surface area contributed by atoms with Crippen molar-refractivity contribution in [2.45, 2.75) is 38.5 Å². The average Bonchev–Trinajstić information content (AvgIpc) is 2.41. The highest BCUT2D eigenvalue weighted by Gasteiger charge is 2.24. The van der Waals surface area contributed by atoms with Crippen LogP contribution in [0.3, 0.4) is 0 Å². The molecular weight excluding hydrogens is 264 g/mol. The van der Waals surface area contributed by atoms with E-state index in [4.69, 9.17) is 5.73 Å². The number of rotatable bonds is 5. The van der Waals surface area contributed by atoms with Gasteiger partial charge in [0.25, 0.3) is 0 Å². The van der Waals surface area contributed by atoms with Crippen LogP contribution in [0.25, 0.3) is 0 Å². The predicted octanol–water partition coefficient (Wildman–Crippen LogP) is 3.32. The topological polar surface area (TPSA) is 29.3 Å². The first kappa shape index (κ1) is 15.9. The van der Waals surface area contributed by atoms with Gasteiger partial charge in [0, 0.05) is 36.7 Å². The lowest BCUT2D eigenvalue weighted by atomic mass is 9.98. The monoisotopic (exact) mass is 292 g/mol. The molecule has 1 aromatic rings. The van der Waals surface area contributed by atoms with Crippen LogP contribution in [0.5, 0.6) is 0 Å². The quantitative estimate of drug-likeness (QED) is 0.902. The fourth-order valence-electron chi connectivity index (χ4n) is 2.97. The molecule has 2 rings (SSSR count). The van der Waals surface area contributed by atoms with Gasteiger partial charge in [0.1, 0.15) is 0 Å². The third-order valence-electron chi connectivity index (χ3n) is 3.94. The molecule has 0 bridgehead atoms. The number of nitrogens with zero attached hydrogens (tertiary/aromatic N) is 1. The van der Waals surface area contributed by atoms with Gasteiger partial charge in [0.15, 0.2) is 0 Å². The second kappa shape index (κ2) is 7.48. The molecule has 2 N–H and O–H groups in total. The van der Waals surface area contributed by atoms with Crippen LogP contribution in [0.4, 0.5) is 0 Å². The SMILES string of the molecule is CC(C)Cc1ccc(C(CN)N2CCSC(C)C2)cc1. The smallest absolute Gasteiger partial charge is 0.0471 e. The summed E-state index contributed by atoms with van der Waals surface area (Å²) in [5, 5.41) is 0.720. The minimum atomic E-state index is 0.381. The lowest BCUT2D eigenvalue weighted by molar-refractivity contribution is 0.211. The Bertz CT molecular complexity index is 402. The lowest BCUT2D eigenvalue weighted by Gasteiger charge is -2.36. The molecule has 20 heavy (non-hydrogen) atoms. The number of nitrogens with two attached hydrogens (primary N) is 1. The first-order valence-electron chi connectivity index (χ1n) is 7.74. The summed E-state index contributed by atoms with van der Waals surface area (Å²) in [6, 6.07) is 9.50. The summed E-state index contributed by atoms with van der Waals surface area (Å²) in [5.74, 6) is 1.94. The van der Waals surface area contributed by atoms with Crippen molar-refractivity contribution in [1.82, 2.24) is 4.90 Å². The number of hydrogen-bond donors (Lipinski definition) is 1. The summed E-state index contributed by atoms with van der Waals surface area (Å²) in [6.45, 7) is 9.87. The fraction of sp³-hybridized carbons (Fsp3) is 0.647. The molecule has 1 heterocycles. The average molecular weight is 292 g/mol. The Morgan fingerprint density at radius 2 is 2.00 bits per heavy atom. The molecular formula is C17H28N2S. The van der Waals surface area contributed by atoms with Gasteiger partial charge in [-0.1, -0.05) is 45.0 Å². The summed E-state index contributed by atoms with van der Waals surface area (Å²) >= 11 is 2.07. The maximum atomic E-state index is 6.05. The van der Waals surface area contributed by atoms with E-state index in [1.807, 2.05) is 0 Å². The molecule has 2 atom stereocenters. The molecule has 1 saturated heterocycles. The van der Waals surface area contributed by atoms with Gasteiger partial charge in [0.05, 0.1) is 0 Å². The van der Waals surface area contributed by atoms with E-state index in [1.54, 1.807) is 0 Å². The third kappa shape index (κ3) is 4.24. The van der Waals surface area contributed by atoms with Gasteiger partial charge in [-0.05, 0) is 23.5 Å². The van der Waals surface area contributed by atoms with Gasteiger partial charge in [-0.3, -0.25) is 4.90 Å². The highest BCUT2D eigenvalue weighted by atomic mass is 32.2. The van der Waals surface area contributed by atoms with E-state index in [0.29, 0.717) is 18.5 Å². The van der Waals surface area contributed by atoms with Crippen molar-refractivity contribution in [3.8, 4) is 0 Å². The van der Waals surface area contributed by atoms with Crippen LogP contribution in [0, 0.1) is 5.92 Å². The molecule has 0 aromatic heterocycles. The Morgan fingerprint density at radius 3 is 2.55 bits per heavy atom. The minimum absolute atomic E-state index is 0.381. The highest BCUT2D eigenvalue weighted by molar-refractivity contribution is 7.99. The van der Waals surface area contributed by atoms with Crippen molar-refractivity contribution >= 4 is 11.8 Å². The minimum Gasteiger partial charge on any atom is -0.329 e. The lowest BCUT2D eigenvalue weighted by Crippen LogP contribution is -2.42. The largest absolute Gasteiger partial charge is 0.329 e. The van der Waals surface area contributed by atoms with E-state index in [1.165, 1.54) is 16.9 Å². The zero-order valence-corrected chi connectivity index (χ0v) is 13.8. The Labute approximate surface area is 128 Å². The normalized spacial score (nSPS) is 22.1. The van der Waals surface area contributed by atoms with Crippen LogP contribution < -0.4 is 5.73 Å². The van der Waals surface area contributed by atoms with Crippen LogP contribution in [0.15, 0.2) is 24.3 Å². The molecule has 3 heteroatoms. The Morgan fingerprint density at radius 1 is 1.30 bits per heavy atom. The number of hydrogen-bond acceptors (Lipinski definition) is 3. The van der Waals surface area contributed by atoms with Gasteiger partial charge in [0.2, 0.25) is 0 Å². The molecule has 0 spiro atoms. The molecule has 0 saturated carbocycles. The van der Waals surface area contributed by atoms with E-state index < -0.39 is 0 Å². The zero-order chi connectivity index (χ0) is 14.5. The first-order chi connectivity index (χ1) is 9.60. The molecule has 2 nitrogen and oxygen atoms in total. The van der Waals surface area contributed by atoms with Crippen molar-refractivity contribution < 1.29 is 0 Å². The number of thioether (sulfide) groups is 1. The molecule has 0 radical (unpaired) electrons. The molecule has 1 fully saturated rings. The maximum Gasteiger partial charge on any atom is 0.0471 e. The van der Waals surface area contributed by atoms with Crippen molar-refractivity contribution in [2.75, 3.05) is 25.4 Å². The summed E-state index contributed by atoms with van der Waals surface area (Å²) in [4.78, 5) is 2.55. The van der Waals surface area contributed by atoms with Crippen LogP contribution in [0.2, 0.25) is 0 Å². The van der Waals surface area contributed by atoms with Gasteiger partial charge in [-0.15, -0.1) is 0 Å². The third-order valence-corrected chi connectivity index (χ3v) is 5.08. The second-order valence-corrected chi connectivity index (χ2v) is 7.81. The molecule has 0 aliphatic carbocycles. The van der Waals surface area contributed by atoms with E-state index in [2.05, 4.69) is 61.7 Å². The van der Waals surface area contributed by atoms with Crippen molar-refractivity contribution in [3.05, 3.63) is 35.4 Å². The molecule has 1 aromatic carbocycles. The zero-order valence-electron chi connectivity index (χ0n) is 13.0. The summed E-state index contributed by atoms with van der Waals surface area (Å²) in [5.41, 5.74) is 8.86. The van der Waals surface area contributed by atoms with Gasteiger partial charge in [-0.25, -0.2) is 0 Å². The van der Waals surface area contributed by atoms with Crippen molar-refractivity contribution in [2.24, 2.45) is 11.7 Å². The summed E-state index contributed by atoms with van der Waals surface area (Å²) < 4.78 is 0. The number of benzene rings is 1. The van der Waals surface area contributed by atoms with E-state index >= 15 is 0 Å². The molecule has 1 aliphatic rings. The second-order valence-electron chi connectivity index (χ2n) is 6.27. The molecule has 112 valence electrons. The molecule has 0 amide bonds. The first-order valence-corrected chi connectivity index (χ1v) is 8.79. The van der Waals surface area contributed by atoms with Gasteiger partial charge in [-0.2, -0.15) is 11.8 Å². The van der Waals surface area contributed by atoms with Crippen LogP contribution >= 0.6 is 11.8 Å². The van der Waals surface area contributed by atoms with Crippen molar-refractivity contribution in [3.63, 3.8) is 0 Å². The van der Waals surface area contributed by atoms with Crippen LogP contribution in [0.1, 0.15) is 37.9 Å². The van der Waals surface area contributed by atoms with E-state index in [9.17, 15) is 0 Å². The Balaban J connectivity index is 2.07. The maximum absolute atomic E-state index is 6.05. The molecule has 2 unspecified atom stereocenters. The highest BCUT2D eigenvalue weighted by Crippen LogP contribution is 2.27. The predicted molar refractivity (Wildman–Crippen MR) is 90.3 cm³/mol. The van der Waals surface area contributed by atoms with E-state index in [-0.39, 0.29) is 0 Å². The fourth-order valence-corrected chi connectivity index (χ4v) is 4.01. The standard InChI is InChI=1S/C17H28N2S/c1-13(2)10-15-4-6-16(7-5-15)17(11-18)19-8-9-20-14(3)12-19/h4-7,13-14,17H,8-12,18H2,1-3H3. The van der Waals surface area contributed by atoms with Gasteiger partial charge < -0.3 is 5.73 Å². The van der Waals surface area contributed by atoms with Gasteiger partial charge >= 0.3 is 0 Å². The molecule has 1 aliphatic heterocycles. The van der Waals surface area contributed by atoms with E-state index in [0.717, 1.165) is 24.8 Å². The Kier molecular flexibility index (Phi) is 5.94. The van der Waals surface area contributed by atoms with Crippen LogP contribution in [-0.2, 0) is 6.42 Å². The van der Waals surface area contributed by atoms with Crippen LogP contribution in [-0.4, -0.2) is 35.5 Å². The van der Waals surface area contributed by atoms with Crippen molar-refractivity contribution in [1.29, 1.82) is 0 Å². The Hall–Kier alpha value is -0.510. The summed E-state index contributed by atoms with van der Waals surface area (Å²) in [6.07, 6.45) is 1.16. The summed E-state index contributed by atoms with van der Waals surface area (Å²) in [7, 11) is 0.